The molecular formula is C28H33N5O4. The van der Waals surface area contributed by atoms with Gasteiger partial charge >= 0.3 is 5.97 Å². The molecule has 1 aliphatic heterocycles. The average molecular weight is 504 g/mol. The second kappa shape index (κ2) is 9.31. The van der Waals surface area contributed by atoms with E-state index in [1.165, 1.54) is 12.1 Å². The lowest BCUT2D eigenvalue weighted by Gasteiger charge is -2.36. The third kappa shape index (κ3) is 4.20. The molecule has 0 N–H and O–H groups in total. The lowest BCUT2D eigenvalue weighted by Crippen LogP contribution is -2.34. The Kier molecular flexibility index (Phi) is 6.50. The van der Waals surface area contributed by atoms with Crippen molar-refractivity contribution in [3.05, 3.63) is 87.0 Å². The van der Waals surface area contributed by atoms with E-state index in [9.17, 15) is 14.9 Å². The molecule has 0 saturated heterocycles. The molecule has 9 nitrogen and oxygen atoms in total. The summed E-state index contributed by atoms with van der Waals surface area (Å²) in [7, 11) is 15.7. The molecule has 194 valence electrons. The maximum atomic E-state index is 13.4. The number of esters is 1. The Bertz CT molecular complexity index is 1320. The number of carbonyl (C=O) groups is 1. The maximum absolute atomic E-state index is 13.4. The van der Waals surface area contributed by atoms with Crippen LogP contribution in [-0.4, -0.2) is 67.3 Å². The van der Waals surface area contributed by atoms with Gasteiger partial charge in [-0.1, -0.05) is 12.1 Å². The predicted molar refractivity (Wildman–Crippen MR) is 149 cm³/mol. The van der Waals surface area contributed by atoms with Gasteiger partial charge < -0.3 is 24.3 Å². The first-order valence-corrected chi connectivity index (χ1v) is 11.9. The lowest BCUT2D eigenvalue weighted by atomic mass is 9.77. The van der Waals surface area contributed by atoms with Gasteiger partial charge in [-0.05, 0) is 30.3 Å². The molecule has 0 atom stereocenters. The Balaban J connectivity index is 2.15. The van der Waals surface area contributed by atoms with Crippen LogP contribution in [0.3, 0.4) is 0 Å². The van der Waals surface area contributed by atoms with E-state index in [0.717, 1.165) is 33.9 Å². The first-order valence-electron chi connectivity index (χ1n) is 11.9. The first-order chi connectivity index (χ1) is 17.4. The number of fused-ring (bicyclic) bond motifs is 1. The Morgan fingerprint density at radius 2 is 1.14 bits per heavy atom. The summed E-state index contributed by atoms with van der Waals surface area (Å²) in [5.41, 5.74) is 4.54. The summed E-state index contributed by atoms with van der Waals surface area (Å²) in [5, 5.41) is 11.5. The average Bonchev–Trinajstić information content (AvgIpc) is 3.15. The molecule has 1 heterocycles. The van der Waals surface area contributed by atoms with E-state index in [0.29, 0.717) is 5.56 Å². The fourth-order valence-electron chi connectivity index (χ4n) is 4.85. The van der Waals surface area contributed by atoms with Gasteiger partial charge in [0.05, 0.1) is 10.5 Å². The van der Waals surface area contributed by atoms with Crippen LogP contribution in [0.25, 0.3) is 0 Å². The van der Waals surface area contributed by atoms with Gasteiger partial charge in [0.1, 0.15) is 0 Å². The number of rotatable bonds is 7. The van der Waals surface area contributed by atoms with Gasteiger partial charge in [-0.15, -0.1) is 0 Å². The van der Waals surface area contributed by atoms with Crippen LogP contribution in [0.4, 0.5) is 28.4 Å². The molecule has 0 radical (unpaired) electrons. The zero-order chi connectivity index (χ0) is 27.2. The van der Waals surface area contributed by atoms with Gasteiger partial charge in [0.15, 0.2) is 5.60 Å². The first kappa shape index (κ1) is 25.8. The minimum Gasteiger partial charge on any atom is -0.440 e. The van der Waals surface area contributed by atoms with Crippen molar-refractivity contribution >= 4 is 34.4 Å². The van der Waals surface area contributed by atoms with E-state index in [1.54, 1.807) is 6.07 Å². The smallest absolute Gasteiger partial charge is 0.340 e. The van der Waals surface area contributed by atoms with Gasteiger partial charge in [0.2, 0.25) is 0 Å². The Morgan fingerprint density at radius 3 is 1.54 bits per heavy atom. The molecule has 37 heavy (non-hydrogen) atoms. The topological polar surface area (TPSA) is 82.4 Å². The number of nitro groups is 1. The summed E-state index contributed by atoms with van der Waals surface area (Å²) in [6, 6.07) is 16.4. The Labute approximate surface area is 217 Å². The molecule has 0 aliphatic carbocycles. The molecular weight excluding hydrogens is 470 g/mol. The highest BCUT2D eigenvalue weighted by Crippen LogP contribution is 2.53. The zero-order valence-electron chi connectivity index (χ0n) is 22.6. The van der Waals surface area contributed by atoms with Gasteiger partial charge in [-0.25, -0.2) is 4.79 Å². The van der Waals surface area contributed by atoms with Crippen molar-refractivity contribution in [3.63, 3.8) is 0 Å². The minimum absolute atomic E-state index is 0.155. The van der Waals surface area contributed by atoms with E-state index in [4.69, 9.17) is 4.74 Å². The fraction of sp³-hybridized carbons (Fsp3) is 0.321. The standard InChI is InChI=1S/C28H33N5O4/c1-29(2)18-9-13-23(25(16-18)31(5)6)28(24-14-10-19(30(3)4)17-26(24)32(7)8)22-12-11-20(33(35)36)15-21(22)27(34)37-28/h9-17H,1-8H3. The number of ether oxygens (including phenoxy) is 1. The fourth-order valence-corrected chi connectivity index (χ4v) is 4.85. The third-order valence-electron chi connectivity index (χ3n) is 6.78. The molecule has 3 aromatic rings. The molecule has 0 spiro atoms. The van der Waals surface area contributed by atoms with Gasteiger partial charge in [0, 0.05) is 108 Å². The van der Waals surface area contributed by atoms with Crippen LogP contribution in [0.15, 0.2) is 54.6 Å². The number of carbonyl (C=O) groups excluding carboxylic acids is 1. The highest BCUT2D eigenvalue weighted by Gasteiger charge is 2.52. The number of hydrogen-bond donors (Lipinski definition) is 0. The van der Waals surface area contributed by atoms with Gasteiger partial charge in [-0.2, -0.15) is 0 Å². The van der Waals surface area contributed by atoms with Crippen LogP contribution >= 0.6 is 0 Å². The largest absolute Gasteiger partial charge is 0.440 e. The number of cyclic esters (lactones) is 1. The molecule has 1 aliphatic rings. The van der Waals surface area contributed by atoms with Crippen LogP contribution in [-0.2, 0) is 10.3 Å². The predicted octanol–water partition coefficient (Wildman–Crippen LogP) is 4.32. The van der Waals surface area contributed by atoms with Crippen molar-refractivity contribution in [2.45, 2.75) is 5.60 Å². The normalized spacial score (nSPS) is 13.6. The van der Waals surface area contributed by atoms with Crippen molar-refractivity contribution < 1.29 is 14.5 Å². The number of hydrogen-bond acceptors (Lipinski definition) is 8. The van der Waals surface area contributed by atoms with Crippen molar-refractivity contribution in [3.8, 4) is 0 Å². The molecule has 0 unspecified atom stereocenters. The summed E-state index contributed by atoms with van der Waals surface area (Å²) in [5.74, 6) is -0.596. The van der Waals surface area contributed by atoms with E-state index in [-0.39, 0.29) is 11.3 Å². The quantitative estimate of drug-likeness (QED) is 0.268. The number of anilines is 4. The monoisotopic (exact) mass is 503 g/mol. The van der Waals surface area contributed by atoms with Crippen molar-refractivity contribution in [1.82, 2.24) is 0 Å². The van der Waals surface area contributed by atoms with Crippen LogP contribution < -0.4 is 19.6 Å². The molecule has 0 fully saturated rings. The van der Waals surface area contributed by atoms with Crippen LogP contribution in [0.5, 0.6) is 0 Å². The second-order valence-electron chi connectivity index (χ2n) is 10.0. The Hall–Kier alpha value is -4.27. The van der Waals surface area contributed by atoms with E-state index in [2.05, 4.69) is 12.1 Å². The summed E-state index contributed by atoms with van der Waals surface area (Å²) in [4.78, 5) is 32.5. The Morgan fingerprint density at radius 1 is 0.676 bits per heavy atom. The second-order valence-corrected chi connectivity index (χ2v) is 10.0. The molecule has 0 aromatic heterocycles. The van der Waals surface area contributed by atoms with E-state index >= 15 is 0 Å². The van der Waals surface area contributed by atoms with Crippen molar-refractivity contribution in [2.75, 3.05) is 76.0 Å². The minimum atomic E-state index is -1.32. The van der Waals surface area contributed by atoms with Gasteiger partial charge in [-0.3, -0.25) is 10.1 Å². The molecule has 3 aromatic carbocycles. The molecule has 4 rings (SSSR count). The highest BCUT2D eigenvalue weighted by molar-refractivity contribution is 5.98. The van der Waals surface area contributed by atoms with Crippen molar-refractivity contribution in [1.29, 1.82) is 0 Å². The van der Waals surface area contributed by atoms with Crippen LogP contribution in [0.1, 0.15) is 27.0 Å². The van der Waals surface area contributed by atoms with Crippen LogP contribution in [0, 0.1) is 10.1 Å². The zero-order valence-corrected chi connectivity index (χ0v) is 22.6. The van der Waals surface area contributed by atoms with Crippen LogP contribution in [0.2, 0.25) is 0 Å². The lowest BCUT2D eigenvalue weighted by molar-refractivity contribution is -0.384. The van der Waals surface area contributed by atoms with E-state index in [1.807, 2.05) is 100 Å². The third-order valence-corrected chi connectivity index (χ3v) is 6.78. The number of benzene rings is 3. The summed E-state index contributed by atoms with van der Waals surface area (Å²) in [6.45, 7) is 0. The summed E-state index contributed by atoms with van der Waals surface area (Å²) >= 11 is 0. The molecule has 0 saturated carbocycles. The molecule has 0 bridgehead atoms. The van der Waals surface area contributed by atoms with E-state index < -0.39 is 16.5 Å². The summed E-state index contributed by atoms with van der Waals surface area (Å²) in [6.07, 6.45) is 0. The molecule has 0 amide bonds. The maximum Gasteiger partial charge on any atom is 0.340 e. The summed E-state index contributed by atoms with van der Waals surface area (Å²) < 4.78 is 6.37. The SMILES string of the molecule is CN(C)c1ccc(C2(c3ccc(N(C)C)cc3N(C)C)OC(=O)c3cc([N+](=O)[O-])ccc32)c(N(C)C)c1. The molecule has 9 heteroatoms. The highest BCUT2D eigenvalue weighted by atomic mass is 16.6. The number of nitrogens with zero attached hydrogens (tertiary/aromatic N) is 5. The van der Waals surface area contributed by atoms with Gasteiger partial charge in [0.25, 0.3) is 5.69 Å². The number of non-ortho nitro benzene ring substituents is 1. The van der Waals surface area contributed by atoms with Crippen molar-refractivity contribution in [2.24, 2.45) is 0 Å². The number of nitro benzene ring substituents is 1.